The van der Waals surface area contributed by atoms with Gasteiger partial charge in [0.15, 0.2) is 5.78 Å². The molecule has 0 aliphatic rings. The Balaban J connectivity index is 2.01. The third-order valence-corrected chi connectivity index (χ3v) is 4.15. The van der Waals surface area contributed by atoms with E-state index in [1.807, 2.05) is 36.6 Å². The molecule has 0 bridgehead atoms. The molecule has 1 heterocycles. The average Bonchev–Trinajstić information content (AvgIpc) is 2.79. The number of rotatable bonds is 4. The van der Waals surface area contributed by atoms with Gasteiger partial charge in [-0.25, -0.2) is 4.98 Å². The number of ketones is 1. The summed E-state index contributed by atoms with van der Waals surface area (Å²) in [7, 11) is 0. The van der Waals surface area contributed by atoms with E-state index in [0.717, 1.165) is 15.5 Å². The Bertz CT molecular complexity index is 480. The van der Waals surface area contributed by atoms with Gasteiger partial charge in [-0.15, -0.1) is 11.3 Å². The second-order valence-electron chi connectivity index (χ2n) is 3.32. The van der Waals surface area contributed by atoms with Crippen molar-refractivity contribution in [1.82, 2.24) is 4.98 Å². The summed E-state index contributed by atoms with van der Waals surface area (Å²) in [6.45, 7) is 1.96. The number of carbonyl (C=O) groups is 1. The van der Waals surface area contributed by atoms with Crippen molar-refractivity contribution < 1.29 is 4.79 Å². The Morgan fingerprint density at radius 3 is 2.94 bits per heavy atom. The predicted octanol–water partition coefficient (Wildman–Crippen LogP) is 3.43. The molecule has 0 atom stereocenters. The van der Waals surface area contributed by atoms with E-state index >= 15 is 0 Å². The molecule has 1 aromatic carbocycles. The van der Waals surface area contributed by atoms with Crippen LogP contribution in [0.5, 0.6) is 0 Å². The number of benzene rings is 1. The van der Waals surface area contributed by atoms with Crippen LogP contribution in [0, 0.1) is 6.92 Å². The molecule has 0 amide bonds. The first-order chi connectivity index (χ1) is 7.77. The van der Waals surface area contributed by atoms with Crippen LogP contribution in [0.25, 0.3) is 0 Å². The fourth-order valence-electron chi connectivity index (χ4n) is 1.37. The van der Waals surface area contributed by atoms with Gasteiger partial charge in [-0.2, -0.15) is 0 Å². The molecule has 0 saturated heterocycles. The van der Waals surface area contributed by atoms with Gasteiger partial charge in [0.05, 0.1) is 5.75 Å². The fraction of sp³-hybridized carbons (Fsp3) is 0.167. The van der Waals surface area contributed by atoms with Crippen LogP contribution in [0.4, 0.5) is 0 Å². The van der Waals surface area contributed by atoms with E-state index in [1.54, 1.807) is 17.5 Å². The van der Waals surface area contributed by atoms with Crippen LogP contribution in [-0.2, 0) is 0 Å². The summed E-state index contributed by atoms with van der Waals surface area (Å²) in [5, 5.41) is 1.92. The van der Waals surface area contributed by atoms with Crippen LogP contribution in [0.1, 0.15) is 15.9 Å². The minimum atomic E-state index is 0.165. The van der Waals surface area contributed by atoms with Crippen molar-refractivity contribution in [3.8, 4) is 0 Å². The SMILES string of the molecule is Cc1ccccc1C(=O)CSc1nccs1. The van der Waals surface area contributed by atoms with Gasteiger partial charge in [-0.3, -0.25) is 4.79 Å². The number of thiazole rings is 1. The minimum Gasteiger partial charge on any atom is -0.293 e. The van der Waals surface area contributed by atoms with E-state index < -0.39 is 0 Å². The smallest absolute Gasteiger partial charge is 0.173 e. The van der Waals surface area contributed by atoms with Crippen molar-refractivity contribution in [2.75, 3.05) is 5.75 Å². The largest absolute Gasteiger partial charge is 0.293 e. The lowest BCUT2D eigenvalue weighted by molar-refractivity contribution is 0.102. The lowest BCUT2D eigenvalue weighted by atomic mass is 10.1. The highest BCUT2D eigenvalue weighted by atomic mass is 32.2. The number of carbonyl (C=O) groups excluding carboxylic acids is 1. The van der Waals surface area contributed by atoms with Gasteiger partial charge >= 0.3 is 0 Å². The molecule has 0 aliphatic heterocycles. The minimum absolute atomic E-state index is 0.165. The van der Waals surface area contributed by atoms with Gasteiger partial charge in [0.25, 0.3) is 0 Å². The van der Waals surface area contributed by atoms with Gasteiger partial charge in [-0.1, -0.05) is 36.0 Å². The maximum absolute atomic E-state index is 11.9. The number of aromatic nitrogens is 1. The van der Waals surface area contributed by atoms with Crippen LogP contribution in [-0.4, -0.2) is 16.5 Å². The Hall–Kier alpha value is -1.13. The van der Waals surface area contributed by atoms with Crippen LogP contribution >= 0.6 is 23.1 Å². The lowest BCUT2D eigenvalue weighted by Crippen LogP contribution is -2.04. The molecule has 0 unspecified atom stereocenters. The lowest BCUT2D eigenvalue weighted by Gasteiger charge is -2.02. The van der Waals surface area contributed by atoms with Gasteiger partial charge in [0.2, 0.25) is 0 Å². The van der Waals surface area contributed by atoms with E-state index in [9.17, 15) is 4.79 Å². The van der Waals surface area contributed by atoms with Crippen molar-refractivity contribution in [2.45, 2.75) is 11.3 Å². The van der Waals surface area contributed by atoms with E-state index in [0.29, 0.717) is 5.75 Å². The first kappa shape index (κ1) is 11.4. The maximum Gasteiger partial charge on any atom is 0.173 e. The third-order valence-electron chi connectivity index (χ3n) is 2.18. The molecule has 0 spiro atoms. The molecule has 0 radical (unpaired) electrons. The normalized spacial score (nSPS) is 10.3. The Morgan fingerprint density at radius 2 is 2.25 bits per heavy atom. The van der Waals surface area contributed by atoms with Crippen molar-refractivity contribution in [1.29, 1.82) is 0 Å². The third kappa shape index (κ3) is 2.71. The van der Waals surface area contributed by atoms with Crippen molar-refractivity contribution >= 4 is 28.9 Å². The molecule has 2 aromatic rings. The Morgan fingerprint density at radius 1 is 1.44 bits per heavy atom. The van der Waals surface area contributed by atoms with Crippen LogP contribution in [0.2, 0.25) is 0 Å². The first-order valence-electron chi connectivity index (χ1n) is 4.88. The van der Waals surface area contributed by atoms with E-state index in [2.05, 4.69) is 4.98 Å². The summed E-state index contributed by atoms with van der Waals surface area (Å²) < 4.78 is 0.946. The van der Waals surface area contributed by atoms with Crippen molar-refractivity contribution in [3.05, 3.63) is 47.0 Å². The van der Waals surface area contributed by atoms with E-state index in [-0.39, 0.29) is 5.78 Å². The Kier molecular flexibility index (Phi) is 3.74. The highest BCUT2D eigenvalue weighted by molar-refractivity contribution is 8.01. The standard InChI is InChI=1S/C12H11NOS2/c1-9-4-2-3-5-10(9)11(14)8-16-12-13-6-7-15-12/h2-7H,8H2,1H3. The summed E-state index contributed by atoms with van der Waals surface area (Å²) in [4.78, 5) is 16.1. The van der Waals surface area contributed by atoms with Crippen LogP contribution in [0.3, 0.4) is 0 Å². The second kappa shape index (κ2) is 5.27. The summed E-state index contributed by atoms with van der Waals surface area (Å²) in [6.07, 6.45) is 1.76. The van der Waals surface area contributed by atoms with Gasteiger partial charge in [-0.05, 0) is 12.5 Å². The second-order valence-corrected chi connectivity index (χ2v) is 5.44. The molecule has 0 saturated carbocycles. The molecular weight excluding hydrogens is 238 g/mol. The summed E-state index contributed by atoms with van der Waals surface area (Å²) in [5.74, 6) is 0.622. The van der Waals surface area contributed by atoms with Gasteiger partial charge in [0, 0.05) is 17.1 Å². The zero-order valence-electron chi connectivity index (χ0n) is 8.84. The number of thioether (sulfide) groups is 1. The summed E-state index contributed by atoms with van der Waals surface area (Å²) in [5.41, 5.74) is 1.85. The Labute approximate surface area is 103 Å². The quantitative estimate of drug-likeness (QED) is 0.614. The molecule has 2 nitrogen and oxygen atoms in total. The highest BCUT2D eigenvalue weighted by Gasteiger charge is 2.09. The molecule has 0 N–H and O–H groups in total. The highest BCUT2D eigenvalue weighted by Crippen LogP contribution is 2.21. The molecule has 1 aromatic heterocycles. The molecule has 16 heavy (non-hydrogen) atoms. The zero-order chi connectivity index (χ0) is 11.4. The topological polar surface area (TPSA) is 30.0 Å². The zero-order valence-corrected chi connectivity index (χ0v) is 10.5. The number of hydrogen-bond donors (Lipinski definition) is 0. The van der Waals surface area contributed by atoms with E-state index in [4.69, 9.17) is 0 Å². The first-order valence-corrected chi connectivity index (χ1v) is 6.75. The van der Waals surface area contributed by atoms with Gasteiger partial charge in [0.1, 0.15) is 4.34 Å². The number of hydrogen-bond acceptors (Lipinski definition) is 4. The molecule has 0 fully saturated rings. The predicted molar refractivity (Wildman–Crippen MR) is 68.3 cm³/mol. The molecule has 2 rings (SSSR count). The number of Topliss-reactive ketones (excluding diaryl/α,β-unsaturated/α-hetero) is 1. The van der Waals surface area contributed by atoms with Crippen LogP contribution in [0.15, 0.2) is 40.2 Å². The summed E-state index contributed by atoms with van der Waals surface area (Å²) in [6, 6.07) is 7.68. The molecule has 4 heteroatoms. The average molecular weight is 249 g/mol. The van der Waals surface area contributed by atoms with Gasteiger partial charge < -0.3 is 0 Å². The molecular formula is C12H11NOS2. The van der Waals surface area contributed by atoms with Crippen molar-refractivity contribution in [2.24, 2.45) is 0 Å². The van der Waals surface area contributed by atoms with E-state index in [1.165, 1.54) is 11.8 Å². The van der Waals surface area contributed by atoms with Crippen LogP contribution < -0.4 is 0 Å². The monoisotopic (exact) mass is 249 g/mol. The molecule has 82 valence electrons. The fourth-order valence-corrected chi connectivity index (χ4v) is 2.89. The molecule has 0 aliphatic carbocycles. The maximum atomic E-state index is 11.9. The number of nitrogens with zero attached hydrogens (tertiary/aromatic N) is 1. The number of aryl methyl sites for hydroxylation is 1. The summed E-state index contributed by atoms with van der Waals surface area (Å²) >= 11 is 3.06. The van der Waals surface area contributed by atoms with Crippen molar-refractivity contribution in [3.63, 3.8) is 0 Å².